The fourth-order valence-electron chi connectivity index (χ4n) is 1.56. The average Bonchev–Trinajstić information content (AvgIpc) is 2.69. The van der Waals surface area contributed by atoms with Crippen molar-refractivity contribution in [3.05, 3.63) is 47.4 Å². The summed E-state index contributed by atoms with van der Waals surface area (Å²) in [5.74, 6) is 5.61. The molecule has 1 heterocycles. The van der Waals surface area contributed by atoms with Gasteiger partial charge < -0.3 is 5.73 Å². The Morgan fingerprint density at radius 3 is 2.50 bits per heavy atom. The lowest BCUT2D eigenvalue weighted by molar-refractivity contribution is 0.616. The predicted molar refractivity (Wildman–Crippen MR) is 58.6 cm³/mol. The second-order valence-corrected chi connectivity index (χ2v) is 3.39. The number of H-pyrrole nitrogens is 1. The molecule has 1 atom stereocenters. The Kier molecular flexibility index (Phi) is 2.84. The van der Waals surface area contributed by atoms with Crippen molar-refractivity contribution in [2.75, 3.05) is 5.73 Å². The van der Waals surface area contributed by atoms with Gasteiger partial charge in [-0.15, -0.1) is 0 Å². The van der Waals surface area contributed by atoms with Crippen molar-refractivity contribution in [1.82, 2.24) is 15.6 Å². The lowest BCUT2D eigenvalue weighted by atomic mass is 10.0. The van der Waals surface area contributed by atoms with E-state index in [1.165, 1.54) is 12.1 Å². The van der Waals surface area contributed by atoms with Gasteiger partial charge in [-0.25, -0.2) is 9.82 Å². The standard InChI is InChI=1S/C10H12FN5/c11-7-3-1-6(2-4-7)9(15-13)8-5-14-16-10(8)12/h1-5,9,15H,13H2,(H3,12,14,16). The summed E-state index contributed by atoms with van der Waals surface area (Å²) in [5.41, 5.74) is 9.86. The van der Waals surface area contributed by atoms with E-state index in [1.54, 1.807) is 18.3 Å². The maximum Gasteiger partial charge on any atom is 0.124 e. The van der Waals surface area contributed by atoms with Gasteiger partial charge in [0.25, 0.3) is 0 Å². The molecule has 0 saturated heterocycles. The van der Waals surface area contributed by atoms with Crippen molar-refractivity contribution in [2.45, 2.75) is 6.04 Å². The molecular weight excluding hydrogens is 209 g/mol. The zero-order chi connectivity index (χ0) is 11.5. The second-order valence-electron chi connectivity index (χ2n) is 3.39. The fourth-order valence-corrected chi connectivity index (χ4v) is 1.56. The molecule has 2 rings (SSSR count). The zero-order valence-corrected chi connectivity index (χ0v) is 8.44. The lowest BCUT2D eigenvalue weighted by Crippen LogP contribution is -2.29. The number of hydrogen-bond donors (Lipinski definition) is 4. The minimum atomic E-state index is -0.306. The molecule has 0 aliphatic rings. The molecule has 0 saturated carbocycles. The molecule has 0 fully saturated rings. The Morgan fingerprint density at radius 2 is 2.00 bits per heavy atom. The molecule has 0 amide bonds. The summed E-state index contributed by atoms with van der Waals surface area (Å²) >= 11 is 0. The van der Waals surface area contributed by atoms with E-state index in [1.807, 2.05) is 0 Å². The fraction of sp³-hybridized carbons (Fsp3) is 0.100. The predicted octanol–water partition coefficient (Wildman–Crippen LogP) is 0.684. The van der Waals surface area contributed by atoms with E-state index in [-0.39, 0.29) is 11.9 Å². The van der Waals surface area contributed by atoms with Crippen LogP contribution in [0.15, 0.2) is 30.5 Å². The van der Waals surface area contributed by atoms with Gasteiger partial charge >= 0.3 is 0 Å². The van der Waals surface area contributed by atoms with E-state index in [2.05, 4.69) is 15.6 Å². The number of nitrogen functional groups attached to an aromatic ring is 1. The Morgan fingerprint density at radius 1 is 1.31 bits per heavy atom. The highest BCUT2D eigenvalue weighted by atomic mass is 19.1. The lowest BCUT2D eigenvalue weighted by Gasteiger charge is -2.15. The highest BCUT2D eigenvalue weighted by Crippen LogP contribution is 2.24. The SMILES string of the molecule is NNC(c1ccc(F)cc1)c1cn[nH]c1N. The van der Waals surface area contributed by atoms with Crippen molar-refractivity contribution >= 4 is 5.82 Å². The van der Waals surface area contributed by atoms with Crippen molar-refractivity contribution in [3.63, 3.8) is 0 Å². The number of hydrogen-bond acceptors (Lipinski definition) is 4. The molecular formula is C10H12FN5. The first-order valence-electron chi connectivity index (χ1n) is 4.72. The normalized spacial score (nSPS) is 12.6. The molecule has 84 valence electrons. The van der Waals surface area contributed by atoms with E-state index in [9.17, 15) is 4.39 Å². The molecule has 1 aromatic heterocycles. The maximum atomic E-state index is 12.8. The topological polar surface area (TPSA) is 92.7 Å². The van der Waals surface area contributed by atoms with Gasteiger partial charge in [-0.2, -0.15) is 5.10 Å². The summed E-state index contributed by atoms with van der Waals surface area (Å²) < 4.78 is 12.8. The Bertz CT molecular complexity index is 464. The van der Waals surface area contributed by atoms with Crippen LogP contribution in [0.2, 0.25) is 0 Å². The molecule has 0 spiro atoms. The van der Waals surface area contributed by atoms with Crippen molar-refractivity contribution in [3.8, 4) is 0 Å². The number of rotatable bonds is 3. The van der Waals surface area contributed by atoms with E-state index >= 15 is 0 Å². The van der Waals surface area contributed by atoms with Gasteiger partial charge in [0.05, 0.1) is 12.2 Å². The van der Waals surface area contributed by atoms with Crippen LogP contribution in [0, 0.1) is 5.82 Å². The minimum Gasteiger partial charge on any atom is -0.384 e. The Hall–Kier alpha value is -1.92. The number of aromatic amines is 1. The molecule has 1 unspecified atom stereocenters. The van der Waals surface area contributed by atoms with Crippen LogP contribution < -0.4 is 17.0 Å². The van der Waals surface area contributed by atoms with Gasteiger partial charge in [0, 0.05) is 5.56 Å². The minimum absolute atomic E-state index is 0.292. The second kappa shape index (κ2) is 4.30. The number of hydrazine groups is 1. The van der Waals surface area contributed by atoms with Gasteiger partial charge in [-0.05, 0) is 17.7 Å². The number of nitrogens with zero attached hydrogens (tertiary/aromatic N) is 1. The molecule has 6 heteroatoms. The van der Waals surface area contributed by atoms with Gasteiger partial charge in [-0.1, -0.05) is 12.1 Å². The number of benzene rings is 1. The third-order valence-corrected chi connectivity index (χ3v) is 2.38. The molecule has 0 radical (unpaired) electrons. The van der Waals surface area contributed by atoms with Crippen LogP contribution in [0.25, 0.3) is 0 Å². The highest BCUT2D eigenvalue weighted by molar-refractivity contribution is 5.44. The van der Waals surface area contributed by atoms with Crippen LogP contribution in [0.3, 0.4) is 0 Å². The summed E-state index contributed by atoms with van der Waals surface area (Å²) in [6.45, 7) is 0. The van der Waals surface area contributed by atoms with Crippen LogP contribution in [0.4, 0.5) is 10.2 Å². The van der Waals surface area contributed by atoms with Crippen LogP contribution in [0.5, 0.6) is 0 Å². The summed E-state index contributed by atoms with van der Waals surface area (Å²) in [6.07, 6.45) is 1.59. The van der Waals surface area contributed by atoms with Gasteiger partial charge in [-0.3, -0.25) is 10.9 Å². The average molecular weight is 221 g/mol. The summed E-state index contributed by atoms with van der Waals surface area (Å²) in [6, 6.07) is 5.73. The number of nitrogens with two attached hydrogens (primary N) is 2. The van der Waals surface area contributed by atoms with Crippen LogP contribution >= 0.6 is 0 Å². The highest BCUT2D eigenvalue weighted by Gasteiger charge is 2.16. The first-order chi connectivity index (χ1) is 7.72. The monoisotopic (exact) mass is 221 g/mol. The molecule has 6 N–H and O–H groups in total. The van der Waals surface area contributed by atoms with Gasteiger partial charge in [0.15, 0.2) is 0 Å². The quantitative estimate of drug-likeness (QED) is 0.453. The number of anilines is 1. The maximum absolute atomic E-state index is 12.8. The Balaban J connectivity index is 2.37. The molecule has 0 aliphatic carbocycles. The van der Waals surface area contributed by atoms with Crippen LogP contribution in [-0.2, 0) is 0 Å². The first kappa shape index (κ1) is 10.6. The number of nitrogens with one attached hydrogen (secondary N) is 2. The van der Waals surface area contributed by atoms with Crippen LogP contribution in [-0.4, -0.2) is 10.2 Å². The van der Waals surface area contributed by atoms with E-state index < -0.39 is 0 Å². The molecule has 16 heavy (non-hydrogen) atoms. The van der Waals surface area contributed by atoms with Crippen LogP contribution in [0.1, 0.15) is 17.2 Å². The molecule has 2 aromatic rings. The van der Waals surface area contributed by atoms with Crippen molar-refractivity contribution < 1.29 is 4.39 Å². The molecule has 5 nitrogen and oxygen atoms in total. The third-order valence-electron chi connectivity index (χ3n) is 2.38. The molecule has 0 aliphatic heterocycles. The molecule has 0 bridgehead atoms. The largest absolute Gasteiger partial charge is 0.384 e. The summed E-state index contributed by atoms with van der Waals surface area (Å²) in [5, 5.41) is 6.44. The van der Waals surface area contributed by atoms with E-state index in [0.29, 0.717) is 5.82 Å². The van der Waals surface area contributed by atoms with Crippen molar-refractivity contribution in [2.24, 2.45) is 5.84 Å². The summed E-state index contributed by atoms with van der Waals surface area (Å²) in [4.78, 5) is 0. The first-order valence-corrected chi connectivity index (χ1v) is 4.72. The third kappa shape index (κ3) is 1.88. The summed E-state index contributed by atoms with van der Waals surface area (Å²) in [7, 11) is 0. The van der Waals surface area contributed by atoms with Crippen molar-refractivity contribution in [1.29, 1.82) is 0 Å². The zero-order valence-electron chi connectivity index (χ0n) is 8.44. The smallest absolute Gasteiger partial charge is 0.124 e. The number of halogens is 1. The number of aromatic nitrogens is 2. The van der Waals surface area contributed by atoms with Gasteiger partial charge in [0.1, 0.15) is 11.6 Å². The molecule has 1 aromatic carbocycles. The Labute approximate surface area is 91.6 Å². The van der Waals surface area contributed by atoms with Gasteiger partial charge in [0.2, 0.25) is 0 Å². The van der Waals surface area contributed by atoms with E-state index in [0.717, 1.165) is 11.1 Å². The van der Waals surface area contributed by atoms with E-state index in [4.69, 9.17) is 11.6 Å².